The van der Waals surface area contributed by atoms with Crippen LogP contribution in [0.5, 0.6) is 0 Å². The number of nitrogens with zero attached hydrogens (tertiary/aromatic N) is 2. The molecule has 0 aliphatic rings. The normalized spacial score (nSPS) is 12.0. The van der Waals surface area contributed by atoms with Crippen LogP contribution in [0, 0.1) is 12.7 Å². The van der Waals surface area contributed by atoms with Crippen LogP contribution >= 0.6 is 0 Å². The summed E-state index contributed by atoms with van der Waals surface area (Å²) >= 11 is 0. The highest BCUT2D eigenvalue weighted by Crippen LogP contribution is 2.14. The smallest absolute Gasteiger partial charge is 0.276 e. The molecular formula is C18H16FN3O3. The van der Waals surface area contributed by atoms with E-state index in [-0.39, 0.29) is 11.4 Å². The molecule has 0 radical (unpaired) electrons. The molecule has 1 atom stereocenters. The van der Waals surface area contributed by atoms with E-state index >= 15 is 0 Å². The van der Waals surface area contributed by atoms with Crippen LogP contribution in [-0.4, -0.2) is 15.7 Å². The molecule has 0 spiro atoms. The number of aromatic nitrogens is 2. The average Bonchev–Trinajstić information content (AvgIpc) is 3.10. The molecule has 0 bridgehead atoms. The average molecular weight is 341 g/mol. The fourth-order valence-electron chi connectivity index (χ4n) is 2.45. The summed E-state index contributed by atoms with van der Waals surface area (Å²) in [6.45, 7) is 3.34. The van der Waals surface area contributed by atoms with Gasteiger partial charge in [-0.2, -0.15) is 5.10 Å². The summed E-state index contributed by atoms with van der Waals surface area (Å²) < 4.78 is 20.5. The summed E-state index contributed by atoms with van der Waals surface area (Å²) in [5.41, 5.74) is -0.264. The summed E-state index contributed by atoms with van der Waals surface area (Å²) in [7, 11) is 0. The van der Waals surface area contributed by atoms with Gasteiger partial charge >= 0.3 is 0 Å². The lowest BCUT2D eigenvalue weighted by molar-refractivity contribution is 0.0927. The topological polar surface area (TPSA) is 77.1 Å². The summed E-state index contributed by atoms with van der Waals surface area (Å²) in [5.74, 6) is -0.606. The number of carbonyl (C=O) groups is 1. The Morgan fingerprint density at radius 3 is 2.72 bits per heavy atom. The number of rotatable bonds is 4. The molecule has 0 aliphatic heterocycles. The van der Waals surface area contributed by atoms with E-state index in [1.807, 2.05) is 0 Å². The lowest BCUT2D eigenvalue weighted by Gasteiger charge is -2.14. The van der Waals surface area contributed by atoms with Crippen LogP contribution in [0.4, 0.5) is 4.39 Å². The minimum atomic E-state index is -0.654. The fraction of sp³-hybridized carbons (Fsp3) is 0.167. The maximum absolute atomic E-state index is 14.0. The molecule has 25 heavy (non-hydrogen) atoms. The molecule has 0 aliphatic carbocycles. The van der Waals surface area contributed by atoms with Gasteiger partial charge < -0.3 is 9.73 Å². The molecule has 1 amide bonds. The van der Waals surface area contributed by atoms with E-state index in [1.165, 1.54) is 29.1 Å². The minimum Gasteiger partial charge on any atom is -0.467 e. The lowest BCUT2D eigenvalue weighted by atomic mass is 10.2. The van der Waals surface area contributed by atoms with Gasteiger partial charge in [-0.15, -0.1) is 0 Å². The van der Waals surface area contributed by atoms with Crippen LogP contribution in [0.3, 0.4) is 0 Å². The monoisotopic (exact) mass is 341 g/mol. The molecule has 0 saturated heterocycles. The Balaban J connectivity index is 1.97. The highest BCUT2D eigenvalue weighted by Gasteiger charge is 2.19. The maximum Gasteiger partial charge on any atom is 0.276 e. The minimum absolute atomic E-state index is 0.160. The van der Waals surface area contributed by atoms with Gasteiger partial charge in [0, 0.05) is 11.8 Å². The van der Waals surface area contributed by atoms with Gasteiger partial charge in [-0.1, -0.05) is 12.1 Å². The highest BCUT2D eigenvalue weighted by atomic mass is 19.1. The summed E-state index contributed by atoms with van der Waals surface area (Å²) in [5, 5.41) is 6.71. The van der Waals surface area contributed by atoms with Crippen molar-refractivity contribution in [2.45, 2.75) is 19.9 Å². The van der Waals surface area contributed by atoms with Crippen LogP contribution in [0.25, 0.3) is 5.69 Å². The van der Waals surface area contributed by atoms with E-state index in [1.54, 1.807) is 38.1 Å². The first-order valence-corrected chi connectivity index (χ1v) is 7.67. The van der Waals surface area contributed by atoms with E-state index in [0.717, 1.165) is 0 Å². The molecule has 1 N–H and O–H groups in total. The molecular weight excluding hydrogens is 325 g/mol. The number of amides is 1. The Kier molecular flexibility index (Phi) is 4.47. The number of halogens is 1. The van der Waals surface area contributed by atoms with Crippen molar-refractivity contribution >= 4 is 5.91 Å². The molecule has 6 nitrogen and oxygen atoms in total. The third-order valence-corrected chi connectivity index (χ3v) is 3.72. The molecule has 1 unspecified atom stereocenters. The molecule has 0 fully saturated rings. The van der Waals surface area contributed by atoms with Gasteiger partial charge in [-0.3, -0.25) is 9.59 Å². The van der Waals surface area contributed by atoms with Crippen molar-refractivity contribution in [1.29, 1.82) is 0 Å². The predicted molar refractivity (Wildman–Crippen MR) is 89.1 cm³/mol. The van der Waals surface area contributed by atoms with E-state index in [0.29, 0.717) is 11.5 Å². The predicted octanol–water partition coefficient (Wildman–Crippen LogP) is 2.76. The number of nitrogens with one attached hydrogen (secondary N) is 1. The summed E-state index contributed by atoms with van der Waals surface area (Å²) in [6, 6.07) is 10.2. The molecule has 7 heteroatoms. The molecule has 3 aromatic rings. The van der Waals surface area contributed by atoms with Crippen molar-refractivity contribution in [3.63, 3.8) is 0 Å². The summed E-state index contributed by atoms with van der Waals surface area (Å²) in [6.07, 6.45) is 1.49. The zero-order chi connectivity index (χ0) is 18.0. The maximum atomic E-state index is 14.0. The number of benzene rings is 1. The van der Waals surface area contributed by atoms with Gasteiger partial charge in [0.05, 0.1) is 12.3 Å². The number of hydrogen-bond donors (Lipinski definition) is 1. The van der Waals surface area contributed by atoms with E-state index in [2.05, 4.69) is 10.4 Å². The second-order valence-corrected chi connectivity index (χ2v) is 5.57. The molecule has 3 rings (SSSR count). The Morgan fingerprint density at radius 2 is 2.04 bits per heavy atom. The van der Waals surface area contributed by atoms with E-state index < -0.39 is 23.2 Å². The second-order valence-electron chi connectivity index (χ2n) is 5.57. The van der Waals surface area contributed by atoms with Crippen molar-refractivity contribution in [2.24, 2.45) is 0 Å². The van der Waals surface area contributed by atoms with Gasteiger partial charge in [0.2, 0.25) is 5.43 Å². The number of hydrogen-bond acceptors (Lipinski definition) is 4. The van der Waals surface area contributed by atoms with Crippen molar-refractivity contribution in [3.8, 4) is 5.69 Å². The number of furan rings is 1. The van der Waals surface area contributed by atoms with E-state index in [4.69, 9.17) is 4.42 Å². The first-order valence-electron chi connectivity index (χ1n) is 7.67. The van der Waals surface area contributed by atoms with Crippen molar-refractivity contribution in [1.82, 2.24) is 15.1 Å². The van der Waals surface area contributed by atoms with Crippen LogP contribution in [-0.2, 0) is 0 Å². The van der Waals surface area contributed by atoms with E-state index in [9.17, 15) is 14.0 Å². The number of aryl methyl sites for hydroxylation is 1. The number of para-hydroxylation sites is 1. The zero-order valence-corrected chi connectivity index (χ0v) is 13.7. The standard InChI is InChI=1S/C18H16FN3O3/c1-11-10-15(23)17(18(24)20-12(2)16-8-5-9-25-16)21-22(11)14-7-4-3-6-13(14)19/h3-10,12H,1-2H3,(H,20,24). The van der Waals surface area contributed by atoms with Crippen LogP contribution in [0.2, 0.25) is 0 Å². The molecule has 0 saturated carbocycles. The number of carbonyl (C=O) groups excluding carboxylic acids is 1. The van der Waals surface area contributed by atoms with Gasteiger partial charge in [0.1, 0.15) is 17.3 Å². The largest absolute Gasteiger partial charge is 0.467 e. The first-order chi connectivity index (χ1) is 12.0. The van der Waals surface area contributed by atoms with Crippen LogP contribution < -0.4 is 10.7 Å². The second kappa shape index (κ2) is 6.72. The Hall–Kier alpha value is -3.22. The van der Waals surface area contributed by atoms with Crippen molar-refractivity contribution in [2.75, 3.05) is 0 Å². The SMILES string of the molecule is Cc1cc(=O)c(C(=O)NC(C)c2ccco2)nn1-c1ccccc1F. The molecule has 2 aromatic heterocycles. The Labute approximate surface area is 142 Å². The van der Waals surface area contributed by atoms with Crippen molar-refractivity contribution in [3.05, 3.63) is 81.9 Å². The van der Waals surface area contributed by atoms with Gasteiger partial charge in [-0.05, 0) is 38.1 Å². The van der Waals surface area contributed by atoms with Gasteiger partial charge in [0.15, 0.2) is 5.69 Å². The third kappa shape index (κ3) is 3.35. The Bertz CT molecular complexity index is 964. The van der Waals surface area contributed by atoms with Crippen molar-refractivity contribution < 1.29 is 13.6 Å². The van der Waals surface area contributed by atoms with Gasteiger partial charge in [-0.25, -0.2) is 9.07 Å². The Morgan fingerprint density at radius 1 is 1.28 bits per heavy atom. The third-order valence-electron chi connectivity index (χ3n) is 3.72. The lowest BCUT2D eigenvalue weighted by Crippen LogP contribution is -2.33. The molecule has 128 valence electrons. The molecule has 1 aromatic carbocycles. The van der Waals surface area contributed by atoms with Crippen LogP contribution in [0.15, 0.2) is 57.9 Å². The first kappa shape index (κ1) is 16.6. The summed E-state index contributed by atoms with van der Waals surface area (Å²) in [4.78, 5) is 24.6. The molecule has 2 heterocycles. The quantitative estimate of drug-likeness (QED) is 0.791. The fourth-order valence-corrected chi connectivity index (χ4v) is 2.45. The zero-order valence-electron chi connectivity index (χ0n) is 13.7. The van der Waals surface area contributed by atoms with Gasteiger partial charge in [0.25, 0.3) is 5.91 Å². The van der Waals surface area contributed by atoms with Crippen LogP contribution in [0.1, 0.15) is 34.9 Å². The highest BCUT2D eigenvalue weighted by molar-refractivity contribution is 5.92.